The van der Waals surface area contributed by atoms with Crippen LogP contribution in [0.3, 0.4) is 0 Å². The highest BCUT2D eigenvalue weighted by Crippen LogP contribution is 2.40. The molecule has 0 aromatic heterocycles. The molecule has 0 aliphatic carbocycles. The van der Waals surface area contributed by atoms with Gasteiger partial charge in [0.15, 0.2) is 0 Å². The molecule has 2 amide bonds. The minimum atomic E-state index is -0.584. The zero-order valence-corrected chi connectivity index (χ0v) is 11.7. The predicted molar refractivity (Wildman–Crippen MR) is 81.0 cm³/mol. The summed E-state index contributed by atoms with van der Waals surface area (Å²) in [6, 6.07) is 7.40. The molecule has 2 aliphatic rings. The molecular weight excluding hydrogens is 283 g/mol. The molecule has 22 heavy (non-hydrogen) atoms. The van der Waals surface area contributed by atoms with Crippen LogP contribution < -0.4 is 10.2 Å². The third-order valence-electron chi connectivity index (χ3n) is 4.26. The quantitative estimate of drug-likeness (QED) is 0.879. The Morgan fingerprint density at radius 3 is 2.86 bits per heavy atom. The van der Waals surface area contributed by atoms with Crippen LogP contribution >= 0.6 is 0 Å². The maximum absolute atomic E-state index is 13.7. The Morgan fingerprint density at radius 2 is 2.09 bits per heavy atom. The molecule has 0 bridgehead atoms. The molecule has 2 aromatic carbocycles. The standard InChI is InChI=1S/C17H13FN2O2/c1-9-5-6-14(16(21)19-9)20-13-4-2-3-10-7-11(18)8-12(15(10)13)17(20)22/h2-4,7-8,14H,1,5-6H2,(H,19,21). The summed E-state index contributed by atoms with van der Waals surface area (Å²) in [5, 5.41) is 4.08. The minimum Gasteiger partial charge on any atom is -0.329 e. The number of anilines is 1. The van der Waals surface area contributed by atoms with Gasteiger partial charge in [-0.3, -0.25) is 14.5 Å². The average Bonchev–Trinajstić information content (AvgIpc) is 2.74. The zero-order chi connectivity index (χ0) is 15.4. The third-order valence-corrected chi connectivity index (χ3v) is 4.26. The summed E-state index contributed by atoms with van der Waals surface area (Å²) in [5.74, 6) is -1.01. The number of carbonyl (C=O) groups excluding carboxylic acids is 2. The number of benzene rings is 2. The van der Waals surface area contributed by atoms with Crippen LogP contribution in [0, 0.1) is 5.82 Å². The van der Waals surface area contributed by atoms with Crippen molar-refractivity contribution >= 4 is 28.3 Å². The van der Waals surface area contributed by atoms with Crippen molar-refractivity contribution in [1.82, 2.24) is 5.32 Å². The van der Waals surface area contributed by atoms with Crippen molar-refractivity contribution in [2.24, 2.45) is 0 Å². The van der Waals surface area contributed by atoms with E-state index in [0.717, 1.165) is 0 Å². The number of rotatable bonds is 1. The lowest BCUT2D eigenvalue weighted by Gasteiger charge is -2.31. The van der Waals surface area contributed by atoms with Crippen molar-refractivity contribution in [2.75, 3.05) is 4.90 Å². The smallest absolute Gasteiger partial charge is 0.259 e. The van der Waals surface area contributed by atoms with Gasteiger partial charge in [0, 0.05) is 11.1 Å². The van der Waals surface area contributed by atoms with E-state index in [0.29, 0.717) is 40.6 Å². The fourth-order valence-electron chi connectivity index (χ4n) is 3.30. The fraction of sp³-hybridized carbons (Fsp3) is 0.176. The molecule has 0 spiro atoms. The molecule has 0 radical (unpaired) electrons. The molecule has 2 heterocycles. The maximum atomic E-state index is 13.7. The van der Waals surface area contributed by atoms with E-state index in [1.807, 2.05) is 0 Å². The highest BCUT2D eigenvalue weighted by molar-refractivity contribution is 6.26. The van der Waals surface area contributed by atoms with E-state index in [1.54, 1.807) is 18.2 Å². The number of carbonyl (C=O) groups is 2. The molecule has 0 saturated carbocycles. The van der Waals surface area contributed by atoms with E-state index in [2.05, 4.69) is 11.9 Å². The predicted octanol–water partition coefficient (Wildman–Crippen LogP) is 2.73. The van der Waals surface area contributed by atoms with Crippen LogP contribution in [0.1, 0.15) is 23.2 Å². The lowest BCUT2D eigenvalue weighted by molar-refractivity contribution is -0.122. The Bertz CT molecular complexity index is 859. The number of nitrogens with zero attached hydrogens (tertiary/aromatic N) is 1. The van der Waals surface area contributed by atoms with Gasteiger partial charge in [0.05, 0.1) is 11.3 Å². The van der Waals surface area contributed by atoms with Crippen LogP contribution in [0.5, 0.6) is 0 Å². The monoisotopic (exact) mass is 296 g/mol. The van der Waals surface area contributed by atoms with Crippen molar-refractivity contribution < 1.29 is 14.0 Å². The molecule has 1 N–H and O–H groups in total. The van der Waals surface area contributed by atoms with Gasteiger partial charge < -0.3 is 5.32 Å². The summed E-state index contributed by atoms with van der Waals surface area (Å²) < 4.78 is 13.7. The first-order valence-electron chi connectivity index (χ1n) is 7.11. The molecule has 2 aliphatic heterocycles. The third kappa shape index (κ3) is 1.68. The SMILES string of the molecule is C=C1CCC(N2C(=O)c3cc(F)cc4cccc2c34)C(=O)N1. The number of hydrogen-bond donors (Lipinski definition) is 1. The van der Waals surface area contributed by atoms with E-state index in [-0.39, 0.29) is 11.8 Å². The van der Waals surface area contributed by atoms with E-state index in [9.17, 15) is 14.0 Å². The average molecular weight is 296 g/mol. The number of piperidine rings is 1. The summed E-state index contributed by atoms with van der Waals surface area (Å²) in [6.07, 6.45) is 1.14. The second-order valence-electron chi connectivity index (χ2n) is 5.65. The molecule has 1 fully saturated rings. The Morgan fingerprint density at radius 1 is 1.27 bits per heavy atom. The highest BCUT2D eigenvalue weighted by Gasteiger charge is 2.39. The first-order valence-corrected chi connectivity index (χ1v) is 7.11. The number of nitrogens with one attached hydrogen (secondary N) is 1. The van der Waals surface area contributed by atoms with Crippen molar-refractivity contribution in [3.05, 3.63) is 54.0 Å². The summed E-state index contributed by atoms with van der Waals surface area (Å²) in [6.45, 7) is 3.75. The second kappa shape index (κ2) is 4.40. The van der Waals surface area contributed by atoms with E-state index < -0.39 is 11.9 Å². The van der Waals surface area contributed by atoms with Crippen molar-refractivity contribution in [1.29, 1.82) is 0 Å². The van der Waals surface area contributed by atoms with E-state index in [1.165, 1.54) is 17.0 Å². The fourth-order valence-corrected chi connectivity index (χ4v) is 3.30. The number of amides is 2. The number of allylic oxidation sites excluding steroid dienone is 1. The van der Waals surface area contributed by atoms with Crippen molar-refractivity contribution in [2.45, 2.75) is 18.9 Å². The molecule has 4 nitrogen and oxygen atoms in total. The number of halogens is 1. The van der Waals surface area contributed by atoms with Gasteiger partial charge in [-0.1, -0.05) is 18.7 Å². The Hall–Kier alpha value is -2.69. The van der Waals surface area contributed by atoms with Gasteiger partial charge in [0.1, 0.15) is 11.9 Å². The van der Waals surface area contributed by atoms with Gasteiger partial charge >= 0.3 is 0 Å². The minimum absolute atomic E-state index is 0.241. The number of hydrogen-bond acceptors (Lipinski definition) is 2. The highest BCUT2D eigenvalue weighted by atomic mass is 19.1. The Balaban J connectivity index is 1.88. The van der Waals surface area contributed by atoms with Crippen LogP contribution in [0.15, 0.2) is 42.6 Å². The summed E-state index contributed by atoms with van der Waals surface area (Å²) in [4.78, 5) is 26.4. The summed E-state index contributed by atoms with van der Waals surface area (Å²) >= 11 is 0. The van der Waals surface area contributed by atoms with Gasteiger partial charge in [-0.05, 0) is 36.4 Å². The van der Waals surface area contributed by atoms with E-state index in [4.69, 9.17) is 0 Å². The molecule has 1 unspecified atom stereocenters. The van der Waals surface area contributed by atoms with Crippen LogP contribution in [-0.2, 0) is 4.79 Å². The maximum Gasteiger partial charge on any atom is 0.259 e. The lowest BCUT2D eigenvalue weighted by Crippen LogP contribution is -2.51. The van der Waals surface area contributed by atoms with Crippen molar-refractivity contribution in [3.8, 4) is 0 Å². The van der Waals surface area contributed by atoms with E-state index >= 15 is 0 Å². The topological polar surface area (TPSA) is 49.4 Å². The van der Waals surface area contributed by atoms with Crippen LogP contribution in [0.25, 0.3) is 10.8 Å². The van der Waals surface area contributed by atoms with Gasteiger partial charge in [0.2, 0.25) is 5.91 Å². The zero-order valence-electron chi connectivity index (χ0n) is 11.7. The molecule has 4 rings (SSSR count). The molecular formula is C17H13FN2O2. The summed E-state index contributed by atoms with van der Waals surface area (Å²) in [7, 11) is 0. The van der Waals surface area contributed by atoms with Crippen LogP contribution in [0.2, 0.25) is 0 Å². The second-order valence-corrected chi connectivity index (χ2v) is 5.65. The van der Waals surface area contributed by atoms with Gasteiger partial charge in [-0.15, -0.1) is 0 Å². The Labute approximate surface area is 126 Å². The molecule has 1 atom stereocenters. The van der Waals surface area contributed by atoms with Crippen molar-refractivity contribution in [3.63, 3.8) is 0 Å². The van der Waals surface area contributed by atoms with Gasteiger partial charge in [-0.2, -0.15) is 0 Å². The Kier molecular flexibility index (Phi) is 2.60. The molecule has 1 saturated heterocycles. The molecule has 110 valence electrons. The first-order chi connectivity index (χ1) is 10.6. The normalized spacial score (nSPS) is 20.7. The molecule has 2 aromatic rings. The largest absolute Gasteiger partial charge is 0.329 e. The van der Waals surface area contributed by atoms with Gasteiger partial charge in [-0.25, -0.2) is 4.39 Å². The molecule has 5 heteroatoms. The van der Waals surface area contributed by atoms with Crippen LogP contribution in [-0.4, -0.2) is 17.9 Å². The lowest BCUT2D eigenvalue weighted by atomic mass is 10.0. The van der Waals surface area contributed by atoms with Crippen LogP contribution in [0.4, 0.5) is 10.1 Å². The first kappa shape index (κ1) is 13.0. The summed E-state index contributed by atoms with van der Waals surface area (Å²) in [5.41, 5.74) is 1.66. The van der Waals surface area contributed by atoms with Gasteiger partial charge in [0.25, 0.3) is 5.91 Å².